The minimum Gasteiger partial charge on any atom is -0.274 e. The van der Waals surface area contributed by atoms with Crippen molar-refractivity contribution >= 4 is 15.9 Å². The maximum absolute atomic E-state index is 12.9. The second kappa shape index (κ2) is 7.17. The van der Waals surface area contributed by atoms with Crippen molar-refractivity contribution in [1.29, 1.82) is 0 Å². The van der Waals surface area contributed by atoms with Crippen molar-refractivity contribution in [2.24, 2.45) is 5.92 Å². The maximum Gasteiger partial charge on any atom is 0.247 e. The number of piperidine rings is 1. The Kier molecular flexibility index (Phi) is 5.49. The van der Waals surface area contributed by atoms with Crippen molar-refractivity contribution in [3.05, 3.63) is 30.1 Å². The second-order valence-electron chi connectivity index (χ2n) is 5.06. The summed E-state index contributed by atoms with van der Waals surface area (Å²) in [6.45, 7) is 2.53. The van der Waals surface area contributed by atoms with Gasteiger partial charge in [0.05, 0.1) is 17.4 Å². The van der Waals surface area contributed by atoms with Crippen molar-refractivity contribution in [1.82, 2.24) is 9.79 Å². The van der Waals surface area contributed by atoms with Gasteiger partial charge in [-0.2, -0.15) is 4.31 Å². The molecule has 1 fully saturated rings. The van der Waals surface area contributed by atoms with Gasteiger partial charge in [-0.1, -0.05) is 0 Å². The Bertz CT molecular complexity index is 618. The summed E-state index contributed by atoms with van der Waals surface area (Å²) >= 11 is 0. The van der Waals surface area contributed by atoms with Crippen LogP contribution in [0.2, 0.25) is 0 Å². The Labute approximate surface area is 129 Å². The highest BCUT2D eigenvalue weighted by Gasteiger charge is 2.33. The van der Waals surface area contributed by atoms with Crippen LogP contribution in [0, 0.1) is 11.7 Å². The first-order chi connectivity index (χ1) is 10.4. The Morgan fingerprint density at radius 1 is 1.41 bits per heavy atom. The molecule has 1 saturated heterocycles. The van der Waals surface area contributed by atoms with E-state index in [9.17, 15) is 17.6 Å². The molecule has 0 bridgehead atoms. The largest absolute Gasteiger partial charge is 0.274 e. The molecule has 1 aliphatic rings. The summed E-state index contributed by atoms with van der Waals surface area (Å²) < 4.78 is 39.2. The number of rotatable bonds is 5. The molecule has 0 saturated carbocycles. The first kappa shape index (κ1) is 16.9. The van der Waals surface area contributed by atoms with Gasteiger partial charge in [-0.15, -0.1) is 0 Å². The molecule has 22 heavy (non-hydrogen) atoms. The van der Waals surface area contributed by atoms with E-state index < -0.39 is 21.8 Å². The van der Waals surface area contributed by atoms with Crippen LogP contribution < -0.4 is 5.48 Å². The van der Waals surface area contributed by atoms with E-state index in [-0.39, 0.29) is 17.3 Å². The van der Waals surface area contributed by atoms with E-state index in [4.69, 9.17) is 4.84 Å². The van der Waals surface area contributed by atoms with E-state index in [0.717, 1.165) is 12.1 Å². The number of carbonyl (C=O) groups excluding carboxylic acids is 1. The Morgan fingerprint density at radius 2 is 2.09 bits per heavy atom. The van der Waals surface area contributed by atoms with Gasteiger partial charge >= 0.3 is 0 Å². The summed E-state index contributed by atoms with van der Waals surface area (Å²) in [5.74, 6) is -1.26. The highest BCUT2D eigenvalue weighted by molar-refractivity contribution is 7.89. The van der Waals surface area contributed by atoms with Crippen molar-refractivity contribution in [2.75, 3.05) is 19.7 Å². The van der Waals surface area contributed by atoms with Crippen LogP contribution in [0.15, 0.2) is 29.2 Å². The summed E-state index contributed by atoms with van der Waals surface area (Å²) in [6, 6.07) is 4.68. The van der Waals surface area contributed by atoms with Gasteiger partial charge < -0.3 is 0 Å². The highest BCUT2D eigenvalue weighted by atomic mass is 32.2. The van der Waals surface area contributed by atoms with E-state index in [1.165, 1.54) is 16.4 Å². The van der Waals surface area contributed by atoms with Crippen LogP contribution in [0.4, 0.5) is 4.39 Å². The minimum absolute atomic E-state index is 0.0276. The molecule has 1 aromatic rings. The van der Waals surface area contributed by atoms with Gasteiger partial charge in [0, 0.05) is 13.1 Å². The van der Waals surface area contributed by atoms with Crippen molar-refractivity contribution in [3.8, 4) is 0 Å². The topological polar surface area (TPSA) is 75.7 Å². The van der Waals surface area contributed by atoms with Crippen molar-refractivity contribution in [2.45, 2.75) is 24.7 Å². The van der Waals surface area contributed by atoms with Crippen molar-refractivity contribution < 1.29 is 22.4 Å². The fourth-order valence-corrected chi connectivity index (χ4v) is 3.88. The average molecular weight is 330 g/mol. The average Bonchev–Trinajstić information content (AvgIpc) is 2.53. The fourth-order valence-electron chi connectivity index (χ4n) is 2.36. The standard InChI is InChI=1S/C14H19FN2O4S/c1-2-21-16-14(18)11-4-3-9-17(10-11)22(19,20)13-7-5-12(15)6-8-13/h5-8,11H,2-4,9-10H2,1H3,(H,16,18). The van der Waals surface area contributed by atoms with Gasteiger partial charge in [-0.3, -0.25) is 9.63 Å². The first-order valence-electron chi connectivity index (χ1n) is 7.12. The van der Waals surface area contributed by atoms with Crippen LogP contribution in [0.1, 0.15) is 19.8 Å². The molecule has 0 spiro atoms. The SMILES string of the molecule is CCONC(=O)C1CCCN(S(=O)(=O)c2ccc(F)cc2)C1. The zero-order chi connectivity index (χ0) is 16.2. The highest BCUT2D eigenvalue weighted by Crippen LogP contribution is 2.24. The summed E-state index contributed by atoms with van der Waals surface area (Å²) in [7, 11) is -3.72. The number of halogens is 1. The Balaban J connectivity index is 2.11. The number of nitrogens with zero attached hydrogens (tertiary/aromatic N) is 1. The van der Waals surface area contributed by atoms with E-state index >= 15 is 0 Å². The molecule has 122 valence electrons. The van der Waals surface area contributed by atoms with Gasteiger partial charge in [-0.05, 0) is 44.0 Å². The van der Waals surface area contributed by atoms with Crippen LogP contribution in [-0.4, -0.2) is 38.3 Å². The molecule has 1 amide bonds. The van der Waals surface area contributed by atoms with Gasteiger partial charge in [0.25, 0.3) is 0 Å². The summed E-state index contributed by atoms with van der Waals surface area (Å²) in [5, 5.41) is 0. The summed E-state index contributed by atoms with van der Waals surface area (Å²) in [6.07, 6.45) is 1.19. The summed E-state index contributed by atoms with van der Waals surface area (Å²) in [4.78, 5) is 16.8. The lowest BCUT2D eigenvalue weighted by atomic mass is 9.99. The minimum atomic E-state index is -3.72. The number of benzene rings is 1. The maximum atomic E-state index is 12.9. The second-order valence-corrected chi connectivity index (χ2v) is 6.99. The van der Waals surface area contributed by atoms with Gasteiger partial charge in [0.2, 0.25) is 15.9 Å². The third-order valence-corrected chi connectivity index (χ3v) is 5.40. The lowest BCUT2D eigenvalue weighted by Crippen LogP contribution is -2.45. The lowest BCUT2D eigenvalue weighted by molar-refractivity contribution is -0.138. The molecule has 1 N–H and O–H groups in total. The third-order valence-electron chi connectivity index (χ3n) is 3.52. The van der Waals surface area contributed by atoms with Gasteiger partial charge in [0.15, 0.2) is 0 Å². The van der Waals surface area contributed by atoms with Crippen LogP contribution in [0.3, 0.4) is 0 Å². The molecular formula is C14H19FN2O4S. The predicted octanol–water partition coefficient (Wildman–Crippen LogP) is 1.29. The smallest absolute Gasteiger partial charge is 0.247 e. The number of hydrogen-bond acceptors (Lipinski definition) is 4. The lowest BCUT2D eigenvalue weighted by Gasteiger charge is -2.31. The molecule has 0 aromatic heterocycles. The zero-order valence-electron chi connectivity index (χ0n) is 12.3. The summed E-state index contributed by atoms with van der Waals surface area (Å²) in [5.41, 5.74) is 2.31. The molecule has 2 rings (SSSR count). The van der Waals surface area contributed by atoms with Crippen molar-refractivity contribution in [3.63, 3.8) is 0 Å². The van der Waals surface area contributed by atoms with E-state index in [1.807, 2.05) is 0 Å². The molecule has 8 heteroatoms. The Morgan fingerprint density at radius 3 is 2.73 bits per heavy atom. The Hall–Kier alpha value is -1.51. The number of hydrogen-bond donors (Lipinski definition) is 1. The molecular weight excluding hydrogens is 311 g/mol. The van der Waals surface area contributed by atoms with Gasteiger partial charge in [-0.25, -0.2) is 18.3 Å². The van der Waals surface area contributed by atoms with Crippen LogP contribution in [0.5, 0.6) is 0 Å². The molecule has 0 radical (unpaired) electrons. The van der Waals surface area contributed by atoms with Crippen LogP contribution in [-0.2, 0) is 19.7 Å². The normalized spacial score (nSPS) is 19.8. The molecule has 1 heterocycles. The predicted molar refractivity (Wildman–Crippen MR) is 77.7 cm³/mol. The molecule has 6 nitrogen and oxygen atoms in total. The van der Waals surface area contributed by atoms with Gasteiger partial charge in [0.1, 0.15) is 5.82 Å². The fraction of sp³-hybridized carbons (Fsp3) is 0.500. The zero-order valence-corrected chi connectivity index (χ0v) is 13.1. The van der Waals surface area contributed by atoms with Crippen LogP contribution in [0.25, 0.3) is 0 Å². The number of sulfonamides is 1. The quantitative estimate of drug-likeness (QED) is 0.826. The first-order valence-corrected chi connectivity index (χ1v) is 8.56. The molecule has 0 aliphatic carbocycles. The van der Waals surface area contributed by atoms with E-state index in [0.29, 0.717) is 26.0 Å². The number of carbonyl (C=O) groups is 1. The molecule has 1 aliphatic heterocycles. The monoisotopic (exact) mass is 330 g/mol. The number of nitrogens with one attached hydrogen (secondary N) is 1. The number of hydroxylamine groups is 1. The van der Waals surface area contributed by atoms with E-state index in [2.05, 4.69) is 5.48 Å². The third kappa shape index (κ3) is 3.82. The molecule has 1 atom stereocenters. The van der Waals surface area contributed by atoms with E-state index in [1.54, 1.807) is 6.92 Å². The molecule has 1 aromatic carbocycles. The van der Waals surface area contributed by atoms with Crippen LogP contribution >= 0.6 is 0 Å². The number of amides is 1. The molecule has 1 unspecified atom stereocenters.